The summed E-state index contributed by atoms with van der Waals surface area (Å²) in [5.74, 6) is -0.971. The van der Waals surface area contributed by atoms with Gasteiger partial charge in [0.2, 0.25) is 0 Å². The maximum absolute atomic E-state index is 11.6. The Bertz CT molecular complexity index is 403. The quantitative estimate of drug-likeness (QED) is 0.180. The summed E-state index contributed by atoms with van der Waals surface area (Å²) < 4.78 is 9.81. The molecule has 0 spiro atoms. The minimum Gasteiger partial charge on any atom is -0.463 e. The molecule has 4 atom stereocenters. The highest BCUT2D eigenvalue weighted by Crippen LogP contribution is 2.10. The van der Waals surface area contributed by atoms with Crippen molar-refractivity contribution in [3.63, 3.8) is 0 Å². The van der Waals surface area contributed by atoms with Crippen molar-refractivity contribution in [2.24, 2.45) is 0 Å². The van der Waals surface area contributed by atoms with Gasteiger partial charge >= 0.3 is 11.9 Å². The third-order valence-electron chi connectivity index (χ3n) is 4.94. The van der Waals surface area contributed by atoms with Crippen molar-refractivity contribution in [3.05, 3.63) is 0 Å². The molecule has 30 heavy (non-hydrogen) atoms. The average molecular weight is 435 g/mol. The first-order valence-electron chi connectivity index (χ1n) is 11.4. The van der Waals surface area contributed by atoms with Crippen molar-refractivity contribution in [3.8, 4) is 0 Å². The second-order valence-corrected chi connectivity index (χ2v) is 7.81. The monoisotopic (exact) mass is 434 g/mol. The molecule has 0 amide bonds. The van der Waals surface area contributed by atoms with Crippen LogP contribution in [0.4, 0.5) is 0 Å². The molecule has 0 aliphatic rings. The summed E-state index contributed by atoms with van der Waals surface area (Å²) in [5, 5.41) is 39.7. The molecule has 0 heterocycles. The summed E-state index contributed by atoms with van der Waals surface area (Å²) in [6, 6.07) is 0. The lowest BCUT2D eigenvalue weighted by molar-refractivity contribution is -0.162. The van der Waals surface area contributed by atoms with Gasteiger partial charge in [0.05, 0.1) is 0 Å². The Labute approximate surface area is 180 Å². The Morgan fingerprint density at radius 2 is 0.933 bits per heavy atom. The predicted octanol–water partition coefficient (Wildman–Crippen LogP) is 2.24. The molecule has 0 aromatic rings. The Kier molecular flexibility index (Phi) is 17.8. The van der Waals surface area contributed by atoms with E-state index in [1.165, 1.54) is 0 Å². The van der Waals surface area contributed by atoms with E-state index in [9.17, 15) is 30.0 Å². The van der Waals surface area contributed by atoms with Gasteiger partial charge in [-0.15, -0.1) is 0 Å². The lowest BCUT2D eigenvalue weighted by atomic mass is 10.0. The Morgan fingerprint density at radius 3 is 1.27 bits per heavy atom. The molecule has 178 valence electrons. The maximum atomic E-state index is 11.6. The number of carbonyl (C=O) groups excluding carboxylic acids is 2. The number of carbonyl (C=O) groups is 2. The number of hydrogen-bond donors (Lipinski definition) is 4. The van der Waals surface area contributed by atoms with Crippen LogP contribution in [-0.2, 0) is 19.1 Å². The van der Waals surface area contributed by atoms with Gasteiger partial charge in [0.1, 0.15) is 37.6 Å². The molecular formula is C22H42O8. The van der Waals surface area contributed by atoms with Crippen molar-refractivity contribution in [2.45, 2.75) is 115 Å². The molecule has 4 N–H and O–H groups in total. The van der Waals surface area contributed by atoms with Crippen molar-refractivity contribution in [1.29, 1.82) is 0 Å². The van der Waals surface area contributed by atoms with Crippen LogP contribution in [0, 0.1) is 0 Å². The van der Waals surface area contributed by atoms with Crippen molar-refractivity contribution in [1.82, 2.24) is 0 Å². The second-order valence-electron chi connectivity index (χ2n) is 7.81. The smallest absolute Gasteiger partial charge is 0.305 e. The van der Waals surface area contributed by atoms with Gasteiger partial charge in [0.15, 0.2) is 0 Å². The van der Waals surface area contributed by atoms with Gasteiger partial charge in [-0.05, 0) is 12.8 Å². The van der Waals surface area contributed by atoms with Crippen LogP contribution in [0.15, 0.2) is 0 Å². The minimum atomic E-state index is -1.75. The van der Waals surface area contributed by atoms with Crippen molar-refractivity contribution >= 4 is 11.9 Å². The highest BCUT2D eigenvalue weighted by Gasteiger charge is 2.31. The van der Waals surface area contributed by atoms with Gasteiger partial charge in [0, 0.05) is 12.8 Å². The van der Waals surface area contributed by atoms with Crippen LogP contribution in [-0.4, -0.2) is 70.0 Å². The molecule has 0 aromatic carbocycles. The molecule has 0 aliphatic heterocycles. The lowest BCUT2D eigenvalue weighted by Crippen LogP contribution is -2.48. The Hall–Kier alpha value is -1.22. The number of unbranched alkanes of at least 4 members (excludes halogenated alkanes) is 8. The number of aliphatic hydroxyl groups excluding tert-OH is 4. The number of hydrogen-bond acceptors (Lipinski definition) is 8. The first kappa shape index (κ1) is 28.8. The zero-order valence-corrected chi connectivity index (χ0v) is 18.6. The van der Waals surface area contributed by atoms with Gasteiger partial charge in [-0.3, -0.25) is 9.59 Å². The minimum absolute atomic E-state index is 0.228. The number of esters is 2. The summed E-state index contributed by atoms with van der Waals surface area (Å²) in [4.78, 5) is 23.3. The van der Waals surface area contributed by atoms with Crippen molar-refractivity contribution in [2.75, 3.05) is 13.2 Å². The zero-order valence-electron chi connectivity index (χ0n) is 18.6. The highest BCUT2D eigenvalue weighted by molar-refractivity contribution is 5.69. The summed E-state index contributed by atoms with van der Waals surface area (Å²) >= 11 is 0. The summed E-state index contributed by atoms with van der Waals surface area (Å²) in [6.45, 7) is 3.23. The van der Waals surface area contributed by atoms with Crippen LogP contribution >= 0.6 is 0 Å². The van der Waals surface area contributed by atoms with Crippen LogP contribution in [0.25, 0.3) is 0 Å². The summed E-state index contributed by atoms with van der Waals surface area (Å²) in [5.41, 5.74) is 0. The number of rotatable bonds is 19. The normalized spacial score (nSPS) is 15.3. The molecule has 8 nitrogen and oxygen atoms in total. The molecule has 0 saturated carbocycles. The molecule has 0 fully saturated rings. The van der Waals surface area contributed by atoms with Gasteiger partial charge in [0.25, 0.3) is 0 Å². The van der Waals surface area contributed by atoms with E-state index in [4.69, 9.17) is 9.47 Å². The summed E-state index contributed by atoms with van der Waals surface area (Å²) in [6.07, 6.45) is 3.66. The molecular weight excluding hydrogens is 392 g/mol. The zero-order chi connectivity index (χ0) is 22.8. The Balaban J connectivity index is 4.02. The Morgan fingerprint density at radius 1 is 0.600 bits per heavy atom. The van der Waals surface area contributed by atoms with E-state index in [1.54, 1.807) is 0 Å². The third-order valence-corrected chi connectivity index (χ3v) is 4.94. The van der Waals surface area contributed by atoms with E-state index in [1.807, 2.05) is 0 Å². The van der Waals surface area contributed by atoms with E-state index in [0.29, 0.717) is 12.8 Å². The van der Waals surface area contributed by atoms with Crippen LogP contribution in [0.2, 0.25) is 0 Å². The van der Waals surface area contributed by atoms with Crippen LogP contribution in [0.1, 0.15) is 90.9 Å². The van der Waals surface area contributed by atoms with Crippen LogP contribution in [0.5, 0.6) is 0 Å². The molecule has 0 saturated heterocycles. The number of ether oxygens (including phenoxy) is 2. The fourth-order valence-electron chi connectivity index (χ4n) is 2.90. The highest BCUT2D eigenvalue weighted by atomic mass is 16.5. The van der Waals surface area contributed by atoms with Gasteiger partial charge in [-0.25, -0.2) is 0 Å². The average Bonchev–Trinajstić information content (AvgIpc) is 2.74. The predicted molar refractivity (Wildman–Crippen MR) is 113 cm³/mol. The molecule has 0 unspecified atom stereocenters. The standard InChI is InChI=1S/C22H42O8/c1-3-5-7-9-11-13-19(25)29-15-17(23)21(27)22(28)18(24)16-30-20(26)14-12-10-8-6-4-2/h17-18,21-24,27-28H,3-16H2,1-2H3/t17-,18+,21-,22-/m1/s1. The fourth-order valence-corrected chi connectivity index (χ4v) is 2.90. The second kappa shape index (κ2) is 18.5. The first-order valence-corrected chi connectivity index (χ1v) is 11.4. The third kappa shape index (κ3) is 14.7. The molecule has 8 heteroatoms. The lowest BCUT2D eigenvalue weighted by Gasteiger charge is -2.26. The summed E-state index contributed by atoms with van der Waals surface area (Å²) in [7, 11) is 0. The fraction of sp³-hybridized carbons (Fsp3) is 0.909. The molecule has 0 bridgehead atoms. The van der Waals surface area contributed by atoms with E-state index in [0.717, 1.165) is 51.4 Å². The molecule has 0 radical (unpaired) electrons. The SMILES string of the molecule is CCCCCCCC(=O)OC[C@@H](O)[C@@H](O)[C@H](O)[C@@H](O)COC(=O)CCCCCCC. The van der Waals surface area contributed by atoms with Crippen molar-refractivity contribution < 1.29 is 39.5 Å². The largest absolute Gasteiger partial charge is 0.463 e. The first-order chi connectivity index (χ1) is 14.3. The van der Waals surface area contributed by atoms with E-state index >= 15 is 0 Å². The molecule has 0 aliphatic carbocycles. The van der Waals surface area contributed by atoms with E-state index in [-0.39, 0.29) is 12.8 Å². The van der Waals surface area contributed by atoms with Gasteiger partial charge in [-0.2, -0.15) is 0 Å². The maximum Gasteiger partial charge on any atom is 0.305 e. The van der Waals surface area contributed by atoms with Gasteiger partial charge < -0.3 is 29.9 Å². The van der Waals surface area contributed by atoms with E-state index < -0.39 is 49.6 Å². The van der Waals surface area contributed by atoms with Crippen LogP contribution in [0.3, 0.4) is 0 Å². The topological polar surface area (TPSA) is 134 Å². The molecule has 0 rings (SSSR count). The van der Waals surface area contributed by atoms with E-state index in [2.05, 4.69) is 13.8 Å². The van der Waals surface area contributed by atoms with Crippen LogP contribution < -0.4 is 0 Å². The van der Waals surface area contributed by atoms with Gasteiger partial charge in [-0.1, -0.05) is 65.2 Å². The number of aliphatic hydroxyl groups is 4. The molecule has 0 aromatic heterocycles.